The van der Waals surface area contributed by atoms with Crippen molar-refractivity contribution >= 4 is 5.82 Å². The Morgan fingerprint density at radius 1 is 1.53 bits per heavy atom. The van der Waals surface area contributed by atoms with Gasteiger partial charge in [0.15, 0.2) is 0 Å². The van der Waals surface area contributed by atoms with Gasteiger partial charge in [-0.15, -0.1) is 0 Å². The Bertz CT molecular complexity index is 375. The van der Waals surface area contributed by atoms with E-state index in [0.29, 0.717) is 12.1 Å². The highest BCUT2D eigenvalue weighted by Crippen LogP contribution is 2.31. The summed E-state index contributed by atoms with van der Waals surface area (Å²) in [6.45, 7) is 6.56. The van der Waals surface area contributed by atoms with E-state index >= 15 is 0 Å². The maximum Gasteiger partial charge on any atom is 0.129 e. The van der Waals surface area contributed by atoms with Gasteiger partial charge in [-0.05, 0) is 50.8 Å². The zero-order valence-corrected chi connectivity index (χ0v) is 11.1. The normalized spacial score (nSPS) is 26.2. The van der Waals surface area contributed by atoms with Crippen molar-refractivity contribution in [2.24, 2.45) is 5.73 Å². The summed E-state index contributed by atoms with van der Waals surface area (Å²) < 4.78 is 0. The van der Waals surface area contributed by atoms with Crippen LogP contribution in [0.25, 0.3) is 0 Å². The molecule has 1 saturated heterocycles. The molecule has 2 N–H and O–H groups in total. The van der Waals surface area contributed by atoms with Gasteiger partial charge in [-0.1, -0.05) is 6.92 Å². The number of hydrogen-bond acceptors (Lipinski definition) is 3. The lowest BCUT2D eigenvalue weighted by Gasteiger charge is -2.29. The van der Waals surface area contributed by atoms with Crippen LogP contribution in [0.15, 0.2) is 18.3 Å². The minimum atomic E-state index is 0.0785. The summed E-state index contributed by atoms with van der Waals surface area (Å²) in [7, 11) is 0. The van der Waals surface area contributed by atoms with Crippen LogP contribution in [-0.4, -0.2) is 17.1 Å². The average Bonchev–Trinajstić information content (AvgIpc) is 2.70. The van der Waals surface area contributed by atoms with Crippen molar-refractivity contribution in [3.63, 3.8) is 0 Å². The van der Waals surface area contributed by atoms with Crippen LogP contribution in [0, 0.1) is 0 Å². The van der Waals surface area contributed by atoms with E-state index in [0.717, 1.165) is 5.82 Å². The number of pyridine rings is 1. The molecule has 0 radical (unpaired) electrons. The lowest BCUT2D eigenvalue weighted by molar-refractivity contribution is 0.620. The summed E-state index contributed by atoms with van der Waals surface area (Å²) in [6, 6.07) is 5.47. The summed E-state index contributed by atoms with van der Waals surface area (Å²) in [5.74, 6) is 1.09. The van der Waals surface area contributed by atoms with E-state index in [4.69, 9.17) is 5.73 Å². The van der Waals surface area contributed by atoms with E-state index in [1.165, 1.54) is 24.8 Å². The summed E-state index contributed by atoms with van der Waals surface area (Å²) in [5, 5.41) is 0. The van der Waals surface area contributed by atoms with E-state index in [9.17, 15) is 0 Å². The first-order valence-electron chi connectivity index (χ1n) is 6.63. The molecule has 1 aromatic rings. The van der Waals surface area contributed by atoms with Gasteiger partial charge in [0.1, 0.15) is 5.82 Å². The van der Waals surface area contributed by atoms with Crippen molar-refractivity contribution in [3.8, 4) is 0 Å². The molecule has 1 aromatic heterocycles. The molecule has 3 heteroatoms. The van der Waals surface area contributed by atoms with E-state index in [1.807, 2.05) is 19.2 Å². The van der Waals surface area contributed by atoms with Crippen LogP contribution in [0.4, 0.5) is 5.82 Å². The molecule has 0 aliphatic carbocycles. The Morgan fingerprint density at radius 3 is 2.94 bits per heavy atom. The van der Waals surface area contributed by atoms with Crippen LogP contribution in [-0.2, 0) is 0 Å². The topological polar surface area (TPSA) is 42.1 Å². The van der Waals surface area contributed by atoms with Gasteiger partial charge >= 0.3 is 0 Å². The highest BCUT2D eigenvalue weighted by molar-refractivity contribution is 5.45. The van der Waals surface area contributed by atoms with E-state index < -0.39 is 0 Å². The molecule has 0 saturated carbocycles. The van der Waals surface area contributed by atoms with Crippen molar-refractivity contribution < 1.29 is 0 Å². The number of anilines is 1. The summed E-state index contributed by atoms with van der Waals surface area (Å²) in [5.41, 5.74) is 7.11. The van der Waals surface area contributed by atoms with E-state index in [1.54, 1.807) is 0 Å². The molecule has 0 aromatic carbocycles. The number of hydrogen-bond donors (Lipinski definition) is 1. The molecule has 2 heterocycles. The fourth-order valence-corrected chi connectivity index (χ4v) is 2.74. The smallest absolute Gasteiger partial charge is 0.129 e. The van der Waals surface area contributed by atoms with E-state index in [-0.39, 0.29) is 6.04 Å². The van der Waals surface area contributed by atoms with Crippen molar-refractivity contribution in [3.05, 3.63) is 23.9 Å². The van der Waals surface area contributed by atoms with Crippen molar-refractivity contribution in [2.45, 2.75) is 58.2 Å². The molecule has 0 bridgehead atoms. The first-order valence-corrected chi connectivity index (χ1v) is 6.63. The minimum Gasteiger partial charge on any atom is -0.351 e. The second-order valence-electron chi connectivity index (χ2n) is 5.13. The van der Waals surface area contributed by atoms with Crippen LogP contribution in [0.5, 0.6) is 0 Å². The summed E-state index contributed by atoms with van der Waals surface area (Å²) in [6.07, 6.45) is 5.62. The predicted molar refractivity (Wildman–Crippen MR) is 72.1 cm³/mol. The number of rotatable bonds is 3. The van der Waals surface area contributed by atoms with Crippen molar-refractivity contribution in [1.82, 2.24) is 4.98 Å². The Kier molecular flexibility index (Phi) is 3.67. The monoisotopic (exact) mass is 233 g/mol. The second kappa shape index (κ2) is 5.05. The average molecular weight is 233 g/mol. The van der Waals surface area contributed by atoms with Gasteiger partial charge in [-0.25, -0.2) is 4.98 Å². The lowest BCUT2D eigenvalue weighted by atomic mass is 10.1. The Labute approximate surface area is 104 Å². The van der Waals surface area contributed by atoms with Gasteiger partial charge in [-0.3, -0.25) is 0 Å². The molecular formula is C14H23N3. The van der Waals surface area contributed by atoms with Crippen molar-refractivity contribution in [2.75, 3.05) is 4.90 Å². The fraction of sp³-hybridized carbons (Fsp3) is 0.643. The maximum atomic E-state index is 5.94. The number of nitrogens with two attached hydrogens (primary N) is 1. The molecule has 94 valence electrons. The molecule has 1 fully saturated rings. The molecule has 0 spiro atoms. The molecule has 0 amide bonds. The fourth-order valence-electron chi connectivity index (χ4n) is 2.74. The van der Waals surface area contributed by atoms with Gasteiger partial charge in [0, 0.05) is 24.3 Å². The maximum absolute atomic E-state index is 5.94. The Balaban J connectivity index is 2.29. The van der Waals surface area contributed by atoms with Crippen LogP contribution < -0.4 is 10.6 Å². The zero-order valence-electron chi connectivity index (χ0n) is 11.1. The van der Waals surface area contributed by atoms with E-state index in [2.05, 4.69) is 29.8 Å². The molecule has 1 aliphatic heterocycles. The van der Waals surface area contributed by atoms with Gasteiger partial charge < -0.3 is 10.6 Å². The molecule has 1 aliphatic rings. The van der Waals surface area contributed by atoms with Crippen LogP contribution in [0.2, 0.25) is 0 Å². The quantitative estimate of drug-likeness (QED) is 0.873. The molecule has 3 atom stereocenters. The largest absolute Gasteiger partial charge is 0.351 e. The second-order valence-corrected chi connectivity index (χ2v) is 5.13. The van der Waals surface area contributed by atoms with Crippen LogP contribution >= 0.6 is 0 Å². The first kappa shape index (κ1) is 12.4. The molecule has 3 nitrogen and oxygen atoms in total. The standard InChI is InChI=1S/C14H23N3/c1-4-13-6-5-10(2)17(13)14-9-12(11(3)15)7-8-16-14/h7-11,13H,4-6,15H2,1-3H3. The SMILES string of the molecule is CCC1CCC(C)N1c1cc(C(C)N)ccn1. The molecular weight excluding hydrogens is 210 g/mol. The van der Waals surface area contributed by atoms with Gasteiger partial charge in [0.05, 0.1) is 0 Å². The third-order valence-corrected chi connectivity index (χ3v) is 3.82. The van der Waals surface area contributed by atoms with Gasteiger partial charge in [0.25, 0.3) is 0 Å². The first-order chi connectivity index (χ1) is 8.13. The van der Waals surface area contributed by atoms with Crippen molar-refractivity contribution in [1.29, 1.82) is 0 Å². The number of nitrogens with zero attached hydrogens (tertiary/aromatic N) is 2. The zero-order chi connectivity index (χ0) is 12.4. The summed E-state index contributed by atoms with van der Waals surface area (Å²) >= 11 is 0. The highest BCUT2D eigenvalue weighted by Gasteiger charge is 2.30. The molecule has 17 heavy (non-hydrogen) atoms. The lowest BCUT2D eigenvalue weighted by Crippen LogP contribution is -2.34. The third-order valence-electron chi connectivity index (χ3n) is 3.82. The Morgan fingerprint density at radius 2 is 2.29 bits per heavy atom. The van der Waals surface area contributed by atoms with Gasteiger partial charge in [-0.2, -0.15) is 0 Å². The molecule has 3 unspecified atom stereocenters. The van der Waals surface area contributed by atoms with Crippen LogP contribution in [0.1, 0.15) is 51.6 Å². The Hall–Kier alpha value is -1.09. The predicted octanol–water partition coefficient (Wildman–Crippen LogP) is 2.87. The molecule has 2 rings (SSSR count). The third kappa shape index (κ3) is 2.44. The highest BCUT2D eigenvalue weighted by atomic mass is 15.2. The van der Waals surface area contributed by atoms with Crippen LogP contribution in [0.3, 0.4) is 0 Å². The minimum absolute atomic E-state index is 0.0785. The number of aromatic nitrogens is 1. The van der Waals surface area contributed by atoms with Gasteiger partial charge in [0.2, 0.25) is 0 Å². The summed E-state index contributed by atoms with van der Waals surface area (Å²) in [4.78, 5) is 6.99.